The van der Waals surface area contributed by atoms with Crippen LogP contribution in [0.2, 0.25) is 0 Å². The summed E-state index contributed by atoms with van der Waals surface area (Å²) >= 11 is 0. The molecular weight excluding hydrogens is 242 g/mol. The molecular formula is C14H21N3O2. The molecule has 5 nitrogen and oxygen atoms in total. The summed E-state index contributed by atoms with van der Waals surface area (Å²) in [6.07, 6.45) is 3.57. The average Bonchev–Trinajstić information content (AvgIpc) is 3.22. The Bertz CT molecular complexity index is 458. The molecule has 0 spiro atoms. The lowest BCUT2D eigenvalue weighted by atomic mass is 10.2. The molecule has 19 heavy (non-hydrogen) atoms. The van der Waals surface area contributed by atoms with Crippen LogP contribution in [0.3, 0.4) is 0 Å². The van der Waals surface area contributed by atoms with E-state index in [-0.39, 0.29) is 0 Å². The van der Waals surface area contributed by atoms with Gasteiger partial charge >= 0.3 is 5.97 Å². The molecule has 1 saturated carbocycles. The first-order valence-corrected chi connectivity index (χ1v) is 6.75. The number of nitrogen functional groups attached to an aromatic ring is 1. The first kappa shape index (κ1) is 13.6. The van der Waals surface area contributed by atoms with Gasteiger partial charge in [0.2, 0.25) is 0 Å². The Hall–Kier alpha value is -1.78. The lowest BCUT2D eigenvalue weighted by Crippen LogP contribution is -2.29. The van der Waals surface area contributed by atoms with Crippen molar-refractivity contribution in [2.45, 2.75) is 26.2 Å². The van der Waals surface area contributed by atoms with Crippen molar-refractivity contribution in [1.29, 1.82) is 0 Å². The number of anilines is 2. The van der Waals surface area contributed by atoms with Crippen LogP contribution >= 0.6 is 0 Å². The van der Waals surface area contributed by atoms with E-state index in [1.807, 2.05) is 0 Å². The SMILES string of the molecule is CCCN(CC1CC1)c1nc(C(=O)OC)ccc1N. The van der Waals surface area contributed by atoms with E-state index in [1.165, 1.54) is 20.0 Å². The second kappa shape index (κ2) is 5.91. The highest BCUT2D eigenvalue weighted by Crippen LogP contribution is 2.32. The molecule has 1 aromatic heterocycles. The summed E-state index contributed by atoms with van der Waals surface area (Å²) in [5.41, 5.74) is 6.92. The summed E-state index contributed by atoms with van der Waals surface area (Å²) in [4.78, 5) is 18.1. The first-order chi connectivity index (χ1) is 9.15. The molecule has 1 fully saturated rings. The zero-order valence-electron chi connectivity index (χ0n) is 11.6. The number of hydrogen-bond donors (Lipinski definition) is 1. The quantitative estimate of drug-likeness (QED) is 0.796. The summed E-state index contributed by atoms with van der Waals surface area (Å²) in [6.45, 7) is 3.99. The molecule has 0 atom stereocenters. The van der Waals surface area contributed by atoms with Crippen LogP contribution in [0.25, 0.3) is 0 Å². The molecule has 0 radical (unpaired) electrons. The molecule has 0 unspecified atom stereocenters. The number of nitrogens with two attached hydrogens (primary N) is 1. The zero-order valence-corrected chi connectivity index (χ0v) is 11.6. The van der Waals surface area contributed by atoms with Gasteiger partial charge in [0.05, 0.1) is 12.8 Å². The standard InChI is InChI=1S/C14H21N3O2/c1-3-8-17(9-10-4-5-10)13-11(15)6-7-12(16-13)14(18)19-2/h6-7,10H,3-5,8-9,15H2,1-2H3. The van der Waals surface area contributed by atoms with Gasteiger partial charge in [-0.2, -0.15) is 0 Å². The maximum atomic E-state index is 11.5. The molecule has 1 aliphatic carbocycles. The van der Waals surface area contributed by atoms with E-state index < -0.39 is 5.97 Å². The molecule has 0 amide bonds. The van der Waals surface area contributed by atoms with E-state index in [9.17, 15) is 4.79 Å². The van der Waals surface area contributed by atoms with Gasteiger partial charge in [-0.05, 0) is 37.3 Å². The van der Waals surface area contributed by atoms with Crippen LogP contribution in [0.4, 0.5) is 11.5 Å². The number of ether oxygens (including phenoxy) is 1. The minimum atomic E-state index is -0.427. The van der Waals surface area contributed by atoms with Crippen molar-refractivity contribution in [3.63, 3.8) is 0 Å². The summed E-state index contributed by atoms with van der Waals surface area (Å²) in [7, 11) is 1.36. The Balaban J connectivity index is 2.25. The van der Waals surface area contributed by atoms with Crippen molar-refractivity contribution in [3.05, 3.63) is 17.8 Å². The Kier molecular flexibility index (Phi) is 4.24. The van der Waals surface area contributed by atoms with Gasteiger partial charge < -0.3 is 15.4 Å². The van der Waals surface area contributed by atoms with Crippen molar-refractivity contribution < 1.29 is 9.53 Å². The Morgan fingerprint density at radius 1 is 1.53 bits per heavy atom. The fourth-order valence-electron chi connectivity index (χ4n) is 2.10. The van der Waals surface area contributed by atoms with Gasteiger partial charge in [0.25, 0.3) is 0 Å². The van der Waals surface area contributed by atoms with Gasteiger partial charge in [-0.15, -0.1) is 0 Å². The highest BCUT2D eigenvalue weighted by molar-refractivity contribution is 5.88. The van der Waals surface area contributed by atoms with Gasteiger partial charge in [-0.25, -0.2) is 9.78 Å². The van der Waals surface area contributed by atoms with Gasteiger partial charge in [-0.3, -0.25) is 0 Å². The molecule has 2 rings (SSSR count). The number of pyridine rings is 1. The third-order valence-electron chi connectivity index (χ3n) is 3.27. The smallest absolute Gasteiger partial charge is 0.356 e. The van der Waals surface area contributed by atoms with Gasteiger partial charge in [-0.1, -0.05) is 6.92 Å². The largest absolute Gasteiger partial charge is 0.464 e. The van der Waals surface area contributed by atoms with Crippen molar-refractivity contribution in [2.75, 3.05) is 30.8 Å². The van der Waals surface area contributed by atoms with Crippen LogP contribution in [0, 0.1) is 5.92 Å². The van der Waals surface area contributed by atoms with E-state index >= 15 is 0 Å². The lowest BCUT2D eigenvalue weighted by Gasteiger charge is -2.24. The molecule has 0 saturated heterocycles. The van der Waals surface area contributed by atoms with Gasteiger partial charge in [0, 0.05) is 13.1 Å². The number of nitrogens with zero attached hydrogens (tertiary/aromatic N) is 2. The molecule has 0 aliphatic heterocycles. The summed E-state index contributed by atoms with van der Waals surface area (Å²) in [5.74, 6) is 1.02. The number of methoxy groups -OCH3 is 1. The topological polar surface area (TPSA) is 68.5 Å². The average molecular weight is 263 g/mol. The molecule has 104 valence electrons. The van der Waals surface area contributed by atoms with Crippen LogP contribution in [0.5, 0.6) is 0 Å². The molecule has 0 bridgehead atoms. The van der Waals surface area contributed by atoms with Crippen LogP contribution in [-0.4, -0.2) is 31.2 Å². The van der Waals surface area contributed by atoms with E-state index in [0.29, 0.717) is 17.2 Å². The van der Waals surface area contributed by atoms with E-state index in [2.05, 4.69) is 16.8 Å². The summed E-state index contributed by atoms with van der Waals surface area (Å²) in [6, 6.07) is 3.33. The minimum Gasteiger partial charge on any atom is -0.464 e. The molecule has 0 aromatic carbocycles. The summed E-state index contributed by atoms with van der Waals surface area (Å²) in [5, 5.41) is 0. The highest BCUT2D eigenvalue weighted by Gasteiger charge is 2.26. The first-order valence-electron chi connectivity index (χ1n) is 6.75. The number of carbonyl (C=O) groups is 1. The molecule has 1 heterocycles. The lowest BCUT2D eigenvalue weighted by molar-refractivity contribution is 0.0594. The third kappa shape index (κ3) is 3.36. The van der Waals surface area contributed by atoms with Crippen molar-refractivity contribution in [3.8, 4) is 0 Å². The monoisotopic (exact) mass is 263 g/mol. The van der Waals surface area contributed by atoms with E-state index in [1.54, 1.807) is 12.1 Å². The van der Waals surface area contributed by atoms with Crippen molar-refractivity contribution in [2.24, 2.45) is 5.92 Å². The maximum absolute atomic E-state index is 11.5. The van der Waals surface area contributed by atoms with Crippen LogP contribution in [0.1, 0.15) is 36.7 Å². The highest BCUT2D eigenvalue weighted by atomic mass is 16.5. The van der Waals surface area contributed by atoms with Crippen LogP contribution in [0.15, 0.2) is 12.1 Å². The number of rotatable bonds is 6. The summed E-state index contributed by atoms with van der Waals surface area (Å²) < 4.78 is 4.70. The normalized spacial score (nSPS) is 14.2. The number of aromatic nitrogens is 1. The predicted octanol–water partition coefficient (Wildman–Crippen LogP) is 2.08. The second-order valence-corrected chi connectivity index (χ2v) is 4.99. The molecule has 2 N–H and O–H groups in total. The zero-order chi connectivity index (χ0) is 13.8. The van der Waals surface area contributed by atoms with Crippen molar-refractivity contribution in [1.82, 2.24) is 4.98 Å². The number of carbonyl (C=O) groups excluding carboxylic acids is 1. The van der Waals surface area contributed by atoms with Crippen LogP contribution < -0.4 is 10.6 Å². The Labute approximate surface area is 113 Å². The van der Waals surface area contributed by atoms with Gasteiger partial charge in [0.1, 0.15) is 0 Å². The fourth-order valence-corrected chi connectivity index (χ4v) is 2.10. The number of esters is 1. The van der Waals surface area contributed by atoms with Crippen LogP contribution in [-0.2, 0) is 4.74 Å². The number of hydrogen-bond acceptors (Lipinski definition) is 5. The predicted molar refractivity (Wildman–Crippen MR) is 75.2 cm³/mol. The molecule has 1 aliphatic rings. The Morgan fingerprint density at radius 2 is 2.26 bits per heavy atom. The third-order valence-corrected chi connectivity index (χ3v) is 3.27. The Morgan fingerprint density at radius 3 is 2.84 bits per heavy atom. The fraction of sp³-hybridized carbons (Fsp3) is 0.571. The maximum Gasteiger partial charge on any atom is 0.356 e. The molecule has 5 heteroatoms. The molecule has 1 aromatic rings. The van der Waals surface area contributed by atoms with E-state index in [4.69, 9.17) is 10.5 Å². The van der Waals surface area contributed by atoms with Gasteiger partial charge in [0.15, 0.2) is 11.5 Å². The second-order valence-electron chi connectivity index (χ2n) is 4.99. The van der Waals surface area contributed by atoms with E-state index in [0.717, 1.165) is 25.4 Å². The minimum absolute atomic E-state index is 0.309. The van der Waals surface area contributed by atoms with Crippen molar-refractivity contribution >= 4 is 17.5 Å².